The zero-order valence-electron chi connectivity index (χ0n) is 18.6. The number of hydrogen-bond acceptors (Lipinski definition) is 7. The van der Waals surface area contributed by atoms with Gasteiger partial charge in [0.1, 0.15) is 5.52 Å². The number of nitrogens with one attached hydrogen (secondary N) is 1. The molecule has 3 N–H and O–H groups in total. The monoisotopic (exact) mass is 472 g/mol. The SMILES string of the molecule is CCCCOC(=O)c1cccc(-n2c(=O)[nH]c3c(C(N)=O)nc(-c4ccc(N=[N+]=[N-])cc4)nc32)c1. The van der Waals surface area contributed by atoms with E-state index in [1.54, 1.807) is 42.5 Å². The molecule has 2 aromatic carbocycles. The number of primary amides is 1. The number of unbranched alkanes of at least 4 members (excludes halogenated alkanes) is 1. The first kappa shape index (κ1) is 23.2. The Labute approximate surface area is 198 Å². The Morgan fingerprint density at radius 3 is 2.66 bits per heavy atom. The largest absolute Gasteiger partial charge is 0.462 e. The Morgan fingerprint density at radius 1 is 1.20 bits per heavy atom. The number of imidazole rings is 1. The van der Waals surface area contributed by atoms with E-state index in [0.717, 1.165) is 12.8 Å². The minimum atomic E-state index is -0.856. The maximum Gasteiger partial charge on any atom is 0.338 e. The van der Waals surface area contributed by atoms with Crippen molar-refractivity contribution in [3.63, 3.8) is 0 Å². The van der Waals surface area contributed by atoms with Gasteiger partial charge in [0.15, 0.2) is 17.2 Å². The molecule has 176 valence electrons. The van der Waals surface area contributed by atoms with Crippen LogP contribution in [0.25, 0.3) is 38.7 Å². The molecule has 0 saturated heterocycles. The molecule has 0 bridgehead atoms. The van der Waals surface area contributed by atoms with Crippen molar-refractivity contribution in [1.29, 1.82) is 0 Å². The number of aromatic amines is 1. The highest BCUT2D eigenvalue weighted by Crippen LogP contribution is 2.24. The number of ether oxygens (including phenoxy) is 1. The molecule has 2 aromatic heterocycles. The van der Waals surface area contributed by atoms with E-state index in [0.29, 0.717) is 23.5 Å². The van der Waals surface area contributed by atoms with E-state index < -0.39 is 17.6 Å². The van der Waals surface area contributed by atoms with Crippen molar-refractivity contribution in [2.24, 2.45) is 10.8 Å². The smallest absolute Gasteiger partial charge is 0.338 e. The maximum absolute atomic E-state index is 12.9. The minimum Gasteiger partial charge on any atom is -0.462 e. The molecule has 0 radical (unpaired) electrons. The molecule has 0 atom stereocenters. The topological polar surface area (TPSA) is 182 Å². The van der Waals surface area contributed by atoms with Crippen LogP contribution in [0.15, 0.2) is 58.4 Å². The van der Waals surface area contributed by atoms with E-state index in [2.05, 4.69) is 25.0 Å². The molecule has 2 heterocycles. The van der Waals surface area contributed by atoms with Gasteiger partial charge in [-0.1, -0.05) is 48.8 Å². The Hall–Kier alpha value is -4.96. The summed E-state index contributed by atoms with van der Waals surface area (Å²) in [6.45, 7) is 2.28. The predicted octanol–water partition coefficient (Wildman–Crippen LogP) is 3.77. The highest BCUT2D eigenvalue weighted by Gasteiger charge is 2.21. The molecule has 0 unspecified atom stereocenters. The summed E-state index contributed by atoms with van der Waals surface area (Å²) in [6, 6.07) is 12.7. The average molecular weight is 472 g/mol. The molecule has 0 aliphatic carbocycles. The summed E-state index contributed by atoms with van der Waals surface area (Å²) < 4.78 is 6.49. The van der Waals surface area contributed by atoms with Gasteiger partial charge < -0.3 is 15.5 Å². The van der Waals surface area contributed by atoms with Gasteiger partial charge in [0.2, 0.25) is 0 Å². The molecule has 12 nitrogen and oxygen atoms in total. The summed E-state index contributed by atoms with van der Waals surface area (Å²) in [7, 11) is 0. The average Bonchev–Trinajstić information content (AvgIpc) is 3.19. The van der Waals surface area contributed by atoms with Crippen LogP contribution in [-0.2, 0) is 4.74 Å². The van der Waals surface area contributed by atoms with Gasteiger partial charge in [-0.2, -0.15) is 0 Å². The van der Waals surface area contributed by atoms with Gasteiger partial charge in [0, 0.05) is 16.2 Å². The molecule has 0 spiro atoms. The summed E-state index contributed by atoms with van der Waals surface area (Å²) >= 11 is 0. The summed E-state index contributed by atoms with van der Waals surface area (Å²) in [5.74, 6) is -1.24. The van der Waals surface area contributed by atoms with Gasteiger partial charge in [-0.15, -0.1) is 0 Å². The first-order chi connectivity index (χ1) is 16.9. The fraction of sp³-hybridized carbons (Fsp3) is 0.174. The Kier molecular flexibility index (Phi) is 6.56. The number of hydrogen-bond donors (Lipinski definition) is 2. The number of carbonyl (C=O) groups is 2. The van der Waals surface area contributed by atoms with Gasteiger partial charge in [-0.25, -0.2) is 24.1 Å². The number of H-pyrrole nitrogens is 1. The number of fused-ring (bicyclic) bond motifs is 1. The highest BCUT2D eigenvalue weighted by molar-refractivity contribution is 6.02. The summed E-state index contributed by atoms with van der Waals surface area (Å²) in [6.07, 6.45) is 1.63. The standard InChI is InChI=1S/C23H20N8O4/c1-2-3-11-35-22(33)14-5-4-6-16(12-14)31-21-18(27-23(31)34)17(19(24)32)26-20(28-21)13-7-9-15(10-8-13)29-30-25/h4-10,12H,2-3,11H2,1H3,(H2,24,32)(H,27,34). The van der Waals surface area contributed by atoms with Crippen LogP contribution in [0.5, 0.6) is 0 Å². The third kappa shape index (κ3) is 4.72. The lowest BCUT2D eigenvalue weighted by molar-refractivity contribution is 0.0499. The minimum absolute atomic E-state index is 0.0628. The van der Waals surface area contributed by atoms with Crippen molar-refractivity contribution < 1.29 is 14.3 Å². The second-order valence-electron chi connectivity index (χ2n) is 7.50. The van der Waals surface area contributed by atoms with E-state index >= 15 is 0 Å². The van der Waals surface area contributed by atoms with Gasteiger partial charge in [-0.05, 0) is 30.2 Å². The molecule has 0 aliphatic heterocycles. The summed E-state index contributed by atoms with van der Waals surface area (Å²) in [4.78, 5) is 51.5. The van der Waals surface area contributed by atoms with Crippen LogP contribution >= 0.6 is 0 Å². The van der Waals surface area contributed by atoms with Gasteiger partial charge >= 0.3 is 11.7 Å². The van der Waals surface area contributed by atoms with E-state index in [1.165, 1.54) is 10.6 Å². The lowest BCUT2D eigenvalue weighted by Crippen LogP contribution is -2.16. The molecular weight excluding hydrogens is 452 g/mol. The molecule has 4 rings (SSSR count). The molecular formula is C23H20N8O4. The van der Waals surface area contributed by atoms with Crippen LogP contribution in [0.2, 0.25) is 0 Å². The quantitative estimate of drug-likeness (QED) is 0.129. The second kappa shape index (κ2) is 9.89. The number of aromatic nitrogens is 4. The number of esters is 1. The lowest BCUT2D eigenvalue weighted by atomic mass is 10.2. The van der Waals surface area contributed by atoms with Crippen LogP contribution in [0, 0.1) is 0 Å². The van der Waals surface area contributed by atoms with E-state index in [9.17, 15) is 14.4 Å². The third-order valence-corrected chi connectivity index (χ3v) is 5.13. The normalized spacial score (nSPS) is 10.7. The molecule has 0 saturated carbocycles. The van der Waals surface area contributed by atoms with Crippen molar-refractivity contribution >= 4 is 28.7 Å². The van der Waals surface area contributed by atoms with Gasteiger partial charge in [-0.3, -0.25) is 4.79 Å². The van der Waals surface area contributed by atoms with Crippen molar-refractivity contribution in [2.75, 3.05) is 6.61 Å². The Morgan fingerprint density at radius 2 is 1.97 bits per heavy atom. The van der Waals surface area contributed by atoms with E-state index in [1.807, 2.05) is 6.92 Å². The number of benzene rings is 2. The highest BCUT2D eigenvalue weighted by atomic mass is 16.5. The molecule has 35 heavy (non-hydrogen) atoms. The second-order valence-corrected chi connectivity index (χ2v) is 7.50. The number of nitrogens with two attached hydrogens (primary N) is 1. The number of rotatable bonds is 8. The lowest BCUT2D eigenvalue weighted by Gasteiger charge is -2.08. The zero-order valence-corrected chi connectivity index (χ0v) is 18.6. The van der Waals surface area contributed by atoms with Gasteiger partial charge in [0.25, 0.3) is 5.91 Å². The van der Waals surface area contributed by atoms with E-state index in [4.69, 9.17) is 16.0 Å². The Balaban J connectivity index is 1.85. The number of carbonyl (C=O) groups excluding carboxylic acids is 2. The molecule has 12 heteroatoms. The van der Waals surface area contributed by atoms with Crippen LogP contribution in [0.4, 0.5) is 5.69 Å². The first-order valence-electron chi connectivity index (χ1n) is 10.7. The van der Waals surface area contributed by atoms with Gasteiger partial charge in [0.05, 0.1) is 17.9 Å². The van der Waals surface area contributed by atoms with Crippen molar-refractivity contribution in [3.8, 4) is 17.1 Å². The van der Waals surface area contributed by atoms with Crippen molar-refractivity contribution in [2.45, 2.75) is 19.8 Å². The number of amides is 1. The molecule has 4 aromatic rings. The molecule has 0 aliphatic rings. The number of nitrogens with zero attached hydrogens (tertiary/aromatic N) is 6. The fourth-order valence-corrected chi connectivity index (χ4v) is 3.43. The third-order valence-electron chi connectivity index (χ3n) is 5.13. The number of azide groups is 1. The molecule has 0 fully saturated rings. The van der Waals surface area contributed by atoms with E-state index in [-0.39, 0.29) is 28.2 Å². The van der Waals surface area contributed by atoms with Crippen molar-refractivity contribution in [3.05, 3.63) is 80.7 Å². The maximum atomic E-state index is 12.9. The van der Waals surface area contributed by atoms with Crippen molar-refractivity contribution in [1.82, 2.24) is 19.5 Å². The Bertz CT molecular complexity index is 1530. The fourth-order valence-electron chi connectivity index (χ4n) is 3.43. The van der Waals surface area contributed by atoms with Crippen LogP contribution in [0.3, 0.4) is 0 Å². The van der Waals surface area contributed by atoms with Crippen LogP contribution in [-0.4, -0.2) is 38.0 Å². The first-order valence-corrected chi connectivity index (χ1v) is 10.7. The van der Waals surface area contributed by atoms with Crippen LogP contribution < -0.4 is 11.4 Å². The predicted molar refractivity (Wildman–Crippen MR) is 127 cm³/mol. The summed E-state index contributed by atoms with van der Waals surface area (Å²) in [5.41, 5.74) is 15.0. The summed E-state index contributed by atoms with van der Waals surface area (Å²) in [5, 5.41) is 3.52. The molecule has 1 amide bonds. The van der Waals surface area contributed by atoms with Crippen LogP contribution in [0.1, 0.15) is 40.6 Å². The zero-order chi connectivity index (χ0) is 24.9.